The molecule has 130 valence electrons. The third-order valence-corrected chi connectivity index (χ3v) is 4.99. The number of fused-ring (bicyclic) bond motifs is 3. The number of aromatic nitrogens is 4. The van der Waals surface area contributed by atoms with Gasteiger partial charge >= 0.3 is 0 Å². The Hall–Kier alpha value is -2.99. The summed E-state index contributed by atoms with van der Waals surface area (Å²) in [6.45, 7) is 2.53. The van der Waals surface area contributed by atoms with Crippen molar-refractivity contribution in [3.05, 3.63) is 77.5 Å². The van der Waals surface area contributed by atoms with Crippen molar-refractivity contribution in [3.63, 3.8) is 0 Å². The van der Waals surface area contributed by atoms with Crippen LogP contribution in [0.4, 0.5) is 4.39 Å². The van der Waals surface area contributed by atoms with Crippen LogP contribution in [-0.4, -0.2) is 31.4 Å². The average Bonchev–Trinajstić information content (AvgIpc) is 3.26. The molecule has 0 atom stereocenters. The van der Waals surface area contributed by atoms with E-state index in [4.69, 9.17) is 0 Å². The highest BCUT2D eigenvalue weighted by molar-refractivity contribution is 5.84. The van der Waals surface area contributed by atoms with Crippen molar-refractivity contribution in [1.82, 2.24) is 24.9 Å². The molecule has 0 aliphatic carbocycles. The molecule has 2 aromatic carbocycles. The number of halogens is 1. The standard InChI is InChI=1S/C20H18FN5/c21-17-6-2-4-8-20(17)26-12-14(23-24-26)11-25-10-9-16-15-5-1-3-7-18(15)22-19(16)13-25/h1-8,12,22H,9-11,13H2. The number of hydrogen-bond acceptors (Lipinski definition) is 3. The number of para-hydroxylation sites is 2. The highest BCUT2D eigenvalue weighted by Gasteiger charge is 2.21. The van der Waals surface area contributed by atoms with Gasteiger partial charge in [-0.25, -0.2) is 9.07 Å². The van der Waals surface area contributed by atoms with E-state index in [9.17, 15) is 4.39 Å². The monoisotopic (exact) mass is 347 g/mol. The zero-order valence-electron chi connectivity index (χ0n) is 14.2. The number of hydrogen-bond donors (Lipinski definition) is 1. The van der Waals surface area contributed by atoms with E-state index in [0.717, 1.165) is 25.2 Å². The summed E-state index contributed by atoms with van der Waals surface area (Å²) in [5, 5.41) is 9.63. The maximum Gasteiger partial charge on any atom is 0.148 e. The van der Waals surface area contributed by atoms with Crippen LogP contribution in [0.3, 0.4) is 0 Å². The summed E-state index contributed by atoms with van der Waals surface area (Å²) in [6.07, 6.45) is 2.82. The molecule has 5 nitrogen and oxygen atoms in total. The molecular formula is C20H18FN5. The van der Waals surface area contributed by atoms with Crippen LogP contribution in [-0.2, 0) is 19.5 Å². The van der Waals surface area contributed by atoms with Gasteiger partial charge in [-0.3, -0.25) is 4.90 Å². The maximum absolute atomic E-state index is 13.9. The van der Waals surface area contributed by atoms with Gasteiger partial charge in [0.25, 0.3) is 0 Å². The van der Waals surface area contributed by atoms with E-state index < -0.39 is 0 Å². The van der Waals surface area contributed by atoms with Crippen LogP contribution in [0.5, 0.6) is 0 Å². The van der Waals surface area contributed by atoms with E-state index in [1.54, 1.807) is 24.4 Å². The van der Waals surface area contributed by atoms with Crippen LogP contribution >= 0.6 is 0 Å². The van der Waals surface area contributed by atoms with E-state index in [1.807, 2.05) is 0 Å². The molecule has 6 heteroatoms. The topological polar surface area (TPSA) is 49.7 Å². The van der Waals surface area contributed by atoms with Gasteiger partial charge in [0.05, 0.1) is 11.9 Å². The third-order valence-electron chi connectivity index (χ3n) is 4.99. The van der Waals surface area contributed by atoms with Gasteiger partial charge in [0.2, 0.25) is 0 Å². The lowest BCUT2D eigenvalue weighted by atomic mass is 10.0. The molecular weight excluding hydrogens is 329 g/mol. The quantitative estimate of drug-likeness (QED) is 0.618. The molecule has 0 unspecified atom stereocenters. The molecule has 26 heavy (non-hydrogen) atoms. The minimum Gasteiger partial charge on any atom is -0.357 e. The molecule has 0 saturated heterocycles. The molecule has 5 rings (SSSR count). The van der Waals surface area contributed by atoms with E-state index in [-0.39, 0.29) is 5.82 Å². The van der Waals surface area contributed by atoms with Crippen LogP contribution in [0.2, 0.25) is 0 Å². The van der Waals surface area contributed by atoms with Gasteiger partial charge in [-0.15, -0.1) is 5.10 Å². The fourth-order valence-corrected chi connectivity index (χ4v) is 3.74. The van der Waals surface area contributed by atoms with Crippen molar-refractivity contribution in [1.29, 1.82) is 0 Å². The molecule has 0 saturated carbocycles. The lowest BCUT2D eigenvalue weighted by molar-refractivity contribution is 0.240. The second-order valence-corrected chi connectivity index (χ2v) is 6.69. The average molecular weight is 347 g/mol. The molecule has 0 amide bonds. The number of H-pyrrole nitrogens is 1. The zero-order valence-corrected chi connectivity index (χ0v) is 14.2. The SMILES string of the molecule is Fc1ccccc1-n1cc(CN2CCc3c([nH]c4ccccc34)C2)nn1. The summed E-state index contributed by atoms with van der Waals surface area (Å²) < 4.78 is 15.4. The first-order valence-electron chi connectivity index (χ1n) is 8.75. The number of aromatic amines is 1. The predicted octanol–water partition coefficient (Wildman–Crippen LogP) is 3.45. The van der Waals surface area contributed by atoms with Gasteiger partial charge in [-0.1, -0.05) is 35.5 Å². The number of nitrogens with one attached hydrogen (secondary N) is 1. The van der Waals surface area contributed by atoms with Gasteiger partial charge in [-0.05, 0) is 30.2 Å². The Bertz CT molecular complexity index is 1080. The fraction of sp³-hybridized carbons (Fsp3) is 0.200. The predicted molar refractivity (Wildman–Crippen MR) is 97.4 cm³/mol. The molecule has 0 fully saturated rings. The molecule has 0 bridgehead atoms. The van der Waals surface area contributed by atoms with Gasteiger partial charge in [-0.2, -0.15) is 0 Å². The smallest absolute Gasteiger partial charge is 0.148 e. The Balaban J connectivity index is 1.36. The Labute approximate surface area is 150 Å². The number of benzene rings is 2. The first-order valence-corrected chi connectivity index (χ1v) is 8.75. The Kier molecular flexibility index (Phi) is 3.57. The Morgan fingerprint density at radius 3 is 2.85 bits per heavy atom. The van der Waals surface area contributed by atoms with Crippen LogP contribution < -0.4 is 0 Å². The van der Waals surface area contributed by atoms with E-state index in [1.165, 1.54) is 32.9 Å². The van der Waals surface area contributed by atoms with Crippen molar-refractivity contribution in [3.8, 4) is 5.69 Å². The highest BCUT2D eigenvalue weighted by atomic mass is 19.1. The molecule has 1 aliphatic heterocycles. The van der Waals surface area contributed by atoms with Gasteiger partial charge in [0, 0.05) is 36.2 Å². The summed E-state index contributed by atoms with van der Waals surface area (Å²) in [5.74, 6) is -0.301. The number of rotatable bonds is 3. The second kappa shape index (κ2) is 6.07. The van der Waals surface area contributed by atoms with Crippen LogP contribution in [0.1, 0.15) is 17.0 Å². The van der Waals surface area contributed by atoms with Crippen LogP contribution in [0.25, 0.3) is 16.6 Å². The van der Waals surface area contributed by atoms with Gasteiger partial charge in [0.15, 0.2) is 0 Å². The minimum atomic E-state index is -0.301. The Morgan fingerprint density at radius 2 is 1.92 bits per heavy atom. The van der Waals surface area contributed by atoms with Crippen molar-refractivity contribution in [2.24, 2.45) is 0 Å². The van der Waals surface area contributed by atoms with Gasteiger partial charge < -0.3 is 4.98 Å². The summed E-state index contributed by atoms with van der Waals surface area (Å²) >= 11 is 0. The van der Waals surface area contributed by atoms with Crippen molar-refractivity contribution < 1.29 is 4.39 Å². The molecule has 0 radical (unpaired) electrons. The zero-order chi connectivity index (χ0) is 17.5. The first-order chi connectivity index (χ1) is 12.8. The second-order valence-electron chi connectivity index (χ2n) is 6.69. The van der Waals surface area contributed by atoms with Crippen LogP contribution in [0, 0.1) is 5.82 Å². The van der Waals surface area contributed by atoms with E-state index in [0.29, 0.717) is 12.2 Å². The molecule has 2 aromatic heterocycles. The Morgan fingerprint density at radius 1 is 1.08 bits per heavy atom. The van der Waals surface area contributed by atoms with Gasteiger partial charge in [0.1, 0.15) is 11.5 Å². The fourth-order valence-electron chi connectivity index (χ4n) is 3.74. The lowest BCUT2D eigenvalue weighted by Gasteiger charge is -2.25. The summed E-state index contributed by atoms with van der Waals surface area (Å²) in [7, 11) is 0. The summed E-state index contributed by atoms with van der Waals surface area (Å²) in [6, 6.07) is 15.0. The van der Waals surface area contributed by atoms with Crippen LogP contribution in [0.15, 0.2) is 54.7 Å². The van der Waals surface area contributed by atoms with Crippen molar-refractivity contribution in [2.45, 2.75) is 19.5 Å². The summed E-state index contributed by atoms with van der Waals surface area (Å²) in [5.41, 5.74) is 5.16. The normalized spacial score (nSPS) is 14.7. The molecule has 4 aromatic rings. The third kappa shape index (κ3) is 2.59. The maximum atomic E-state index is 13.9. The minimum absolute atomic E-state index is 0.301. The summed E-state index contributed by atoms with van der Waals surface area (Å²) in [4.78, 5) is 5.88. The lowest BCUT2D eigenvalue weighted by Crippen LogP contribution is -2.30. The molecule has 1 N–H and O–H groups in total. The molecule has 0 spiro atoms. The first kappa shape index (κ1) is 15.3. The van der Waals surface area contributed by atoms with E-state index in [2.05, 4.69) is 44.5 Å². The molecule has 1 aliphatic rings. The molecule has 3 heterocycles. The van der Waals surface area contributed by atoms with Crippen molar-refractivity contribution in [2.75, 3.05) is 6.54 Å². The number of nitrogens with zero attached hydrogens (tertiary/aromatic N) is 4. The van der Waals surface area contributed by atoms with Crippen molar-refractivity contribution >= 4 is 10.9 Å². The highest BCUT2D eigenvalue weighted by Crippen LogP contribution is 2.27. The van der Waals surface area contributed by atoms with E-state index >= 15 is 0 Å². The largest absolute Gasteiger partial charge is 0.357 e.